The number of amides is 2. The number of allylic oxidation sites excluding steroid dienone is 2. The molecule has 1 fully saturated rings. The van der Waals surface area contributed by atoms with Crippen molar-refractivity contribution in [3.05, 3.63) is 47.5 Å². The number of hydroxylamine groups is 2. The second-order valence-corrected chi connectivity index (χ2v) is 6.57. The predicted molar refractivity (Wildman–Crippen MR) is 93.7 cm³/mol. The Balaban J connectivity index is 1.51. The molecule has 1 aliphatic heterocycles. The molecule has 1 heterocycles. The summed E-state index contributed by atoms with van der Waals surface area (Å²) in [6.07, 6.45) is 10.3. The van der Waals surface area contributed by atoms with Gasteiger partial charge in [0.05, 0.1) is 18.3 Å². The van der Waals surface area contributed by atoms with Crippen LogP contribution in [-0.2, 0) is 25.8 Å². The molecule has 0 bridgehead atoms. The monoisotopic (exact) mass is 357 g/mol. The van der Waals surface area contributed by atoms with E-state index >= 15 is 0 Å². The van der Waals surface area contributed by atoms with Gasteiger partial charge in [-0.1, -0.05) is 24.3 Å². The van der Waals surface area contributed by atoms with Crippen molar-refractivity contribution in [2.24, 2.45) is 0 Å². The second kappa shape index (κ2) is 8.76. The van der Waals surface area contributed by atoms with Crippen molar-refractivity contribution in [2.75, 3.05) is 0 Å². The van der Waals surface area contributed by atoms with Gasteiger partial charge in [0.15, 0.2) is 0 Å². The fourth-order valence-corrected chi connectivity index (χ4v) is 3.04. The largest absolute Gasteiger partial charge is 0.374 e. The van der Waals surface area contributed by atoms with Crippen LogP contribution in [0.5, 0.6) is 0 Å². The van der Waals surface area contributed by atoms with Crippen molar-refractivity contribution in [2.45, 2.75) is 57.7 Å². The van der Waals surface area contributed by atoms with Crippen molar-refractivity contribution in [3.8, 4) is 0 Å². The lowest BCUT2D eigenvalue weighted by Crippen LogP contribution is -2.32. The van der Waals surface area contributed by atoms with Gasteiger partial charge in [0.1, 0.15) is 0 Å². The first-order chi connectivity index (χ1) is 12.6. The minimum atomic E-state index is -0.715. The Labute approximate surface area is 152 Å². The first-order valence-electron chi connectivity index (χ1n) is 9.07. The summed E-state index contributed by atoms with van der Waals surface area (Å²) < 4.78 is 5.99. The van der Waals surface area contributed by atoms with Crippen LogP contribution in [0.2, 0.25) is 0 Å². The van der Waals surface area contributed by atoms with Gasteiger partial charge >= 0.3 is 5.97 Å². The number of rotatable bonds is 5. The van der Waals surface area contributed by atoms with Gasteiger partial charge in [-0.25, -0.2) is 4.79 Å². The standard InChI is InChI=1S/C20H23NO5/c22-18-12-13-19(23)21(18)26-20(24)16-10-8-15(9-11-16)14-25-17-6-4-2-1-3-5-7-17/h1-2,8-11,17H,3-7,12-14H2. The van der Waals surface area contributed by atoms with Gasteiger partial charge < -0.3 is 9.57 Å². The summed E-state index contributed by atoms with van der Waals surface area (Å²) in [6.45, 7) is 0.493. The van der Waals surface area contributed by atoms with Gasteiger partial charge in [0.2, 0.25) is 0 Å². The van der Waals surface area contributed by atoms with Crippen LogP contribution in [0, 0.1) is 0 Å². The van der Waals surface area contributed by atoms with E-state index in [0.717, 1.165) is 37.7 Å². The van der Waals surface area contributed by atoms with Crippen LogP contribution in [0.25, 0.3) is 0 Å². The Bertz CT molecular complexity index is 679. The minimum absolute atomic E-state index is 0.0827. The van der Waals surface area contributed by atoms with Crippen molar-refractivity contribution < 1.29 is 24.0 Å². The molecule has 1 atom stereocenters. The average Bonchev–Trinajstić information content (AvgIpc) is 2.93. The highest BCUT2D eigenvalue weighted by molar-refractivity contribution is 6.02. The van der Waals surface area contributed by atoms with Gasteiger partial charge in [-0.3, -0.25) is 9.59 Å². The molecule has 0 spiro atoms. The molecule has 2 aliphatic rings. The molecule has 1 aromatic rings. The molecule has 1 aliphatic carbocycles. The van der Waals surface area contributed by atoms with Crippen LogP contribution in [0.4, 0.5) is 0 Å². The summed E-state index contributed by atoms with van der Waals surface area (Å²) in [4.78, 5) is 40.0. The molecule has 2 amide bonds. The van der Waals surface area contributed by atoms with Crippen molar-refractivity contribution >= 4 is 17.8 Å². The maximum atomic E-state index is 12.1. The third kappa shape index (κ3) is 4.79. The summed E-state index contributed by atoms with van der Waals surface area (Å²) in [5.74, 6) is -1.68. The normalized spacial score (nSPS) is 20.8. The number of nitrogens with zero attached hydrogens (tertiary/aromatic N) is 1. The number of ether oxygens (including phenoxy) is 1. The smallest absolute Gasteiger partial charge is 0.363 e. The first-order valence-corrected chi connectivity index (χ1v) is 9.07. The molecule has 0 aromatic heterocycles. The molecular weight excluding hydrogens is 334 g/mol. The van der Waals surface area contributed by atoms with Gasteiger partial charge in [-0.2, -0.15) is 0 Å². The molecular formula is C20H23NO5. The van der Waals surface area contributed by atoms with E-state index in [1.807, 2.05) is 0 Å². The lowest BCUT2D eigenvalue weighted by molar-refractivity contribution is -0.172. The summed E-state index contributed by atoms with van der Waals surface area (Å²) in [5, 5.41) is 0.558. The highest BCUT2D eigenvalue weighted by Gasteiger charge is 2.33. The molecule has 6 heteroatoms. The Morgan fingerprint density at radius 3 is 2.42 bits per heavy atom. The fourth-order valence-electron chi connectivity index (χ4n) is 3.04. The summed E-state index contributed by atoms with van der Waals surface area (Å²) in [6, 6.07) is 6.83. The van der Waals surface area contributed by atoms with Crippen molar-refractivity contribution in [3.63, 3.8) is 0 Å². The number of carbonyl (C=O) groups excluding carboxylic acids is 3. The zero-order valence-electron chi connectivity index (χ0n) is 14.7. The maximum Gasteiger partial charge on any atom is 0.363 e. The quantitative estimate of drug-likeness (QED) is 0.597. The van der Waals surface area contributed by atoms with Crippen LogP contribution in [0.15, 0.2) is 36.4 Å². The van der Waals surface area contributed by atoms with Gasteiger partial charge in [0.25, 0.3) is 11.8 Å². The predicted octanol–water partition coefficient (Wildman–Crippen LogP) is 3.31. The summed E-state index contributed by atoms with van der Waals surface area (Å²) >= 11 is 0. The minimum Gasteiger partial charge on any atom is -0.374 e. The van der Waals surface area contributed by atoms with Crippen LogP contribution in [0.1, 0.15) is 60.9 Å². The zero-order valence-corrected chi connectivity index (χ0v) is 14.7. The second-order valence-electron chi connectivity index (χ2n) is 6.57. The van der Waals surface area contributed by atoms with E-state index in [2.05, 4.69) is 12.2 Å². The summed E-state index contributed by atoms with van der Waals surface area (Å²) in [7, 11) is 0. The van der Waals surface area contributed by atoms with E-state index < -0.39 is 17.8 Å². The number of carbonyl (C=O) groups is 3. The topological polar surface area (TPSA) is 72.9 Å². The molecule has 1 aromatic carbocycles. The van der Waals surface area contributed by atoms with E-state index in [4.69, 9.17) is 9.57 Å². The number of hydrogen-bond acceptors (Lipinski definition) is 5. The van der Waals surface area contributed by atoms with Crippen molar-refractivity contribution in [1.82, 2.24) is 5.06 Å². The highest BCUT2D eigenvalue weighted by atomic mass is 16.7. The Kier molecular flexibility index (Phi) is 6.17. The number of benzene rings is 1. The van der Waals surface area contributed by atoms with Gasteiger partial charge in [0, 0.05) is 12.8 Å². The molecule has 1 saturated heterocycles. The zero-order chi connectivity index (χ0) is 18.4. The first kappa shape index (κ1) is 18.3. The molecule has 138 valence electrons. The van der Waals surface area contributed by atoms with Crippen LogP contribution in [-0.4, -0.2) is 29.0 Å². The van der Waals surface area contributed by atoms with Gasteiger partial charge in [-0.05, 0) is 49.8 Å². The molecule has 3 rings (SSSR count). The van der Waals surface area contributed by atoms with Gasteiger partial charge in [-0.15, -0.1) is 5.06 Å². The Morgan fingerprint density at radius 2 is 1.69 bits per heavy atom. The average molecular weight is 357 g/mol. The maximum absolute atomic E-state index is 12.1. The SMILES string of the molecule is O=C(ON1C(=O)CCC1=O)c1ccc(COC2CCC=CCCC2)cc1. The molecule has 26 heavy (non-hydrogen) atoms. The van der Waals surface area contributed by atoms with Crippen LogP contribution in [0.3, 0.4) is 0 Å². The lowest BCUT2D eigenvalue weighted by atomic mass is 10.0. The van der Waals surface area contributed by atoms with E-state index in [1.165, 1.54) is 0 Å². The van der Waals surface area contributed by atoms with E-state index in [1.54, 1.807) is 24.3 Å². The Morgan fingerprint density at radius 1 is 1.00 bits per heavy atom. The van der Waals surface area contributed by atoms with E-state index in [9.17, 15) is 14.4 Å². The van der Waals surface area contributed by atoms with E-state index in [0.29, 0.717) is 11.7 Å². The van der Waals surface area contributed by atoms with E-state index in [-0.39, 0.29) is 24.5 Å². The molecule has 0 N–H and O–H groups in total. The van der Waals surface area contributed by atoms with Crippen LogP contribution >= 0.6 is 0 Å². The van der Waals surface area contributed by atoms with Crippen molar-refractivity contribution in [1.29, 1.82) is 0 Å². The molecule has 6 nitrogen and oxygen atoms in total. The highest BCUT2D eigenvalue weighted by Crippen LogP contribution is 2.18. The molecule has 1 unspecified atom stereocenters. The Hall–Kier alpha value is -2.47. The number of imide groups is 1. The fraction of sp³-hybridized carbons (Fsp3) is 0.450. The third-order valence-electron chi connectivity index (χ3n) is 4.57. The molecule has 0 radical (unpaired) electrons. The van der Waals surface area contributed by atoms with Crippen LogP contribution < -0.4 is 0 Å². The third-order valence-corrected chi connectivity index (χ3v) is 4.57. The number of hydrogen-bond donors (Lipinski definition) is 0. The lowest BCUT2D eigenvalue weighted by Gasteiger charge is -2.18. The summed E-state index contributed by atoms with van der Waals surface area (Å²) in [5.41, 5.74) is 1.25. The molecule has 0 saturated carbocycles.